The third-order valence-electron chi connectivity index (χ3n) is 5.40. The van der Waals surface area contributed by atoms with Gasteiger partial charge in [-0.1, -0.05) is 12.1 Å². The van der Waals surface area contributed by atoms with Crippen molar-refractivity contribution in [1.29, 1.82) is 0 Å². The number of nitrogens with zero attached hydrogens (tertiary/aromatic N) is 4. The Hall–Kier alpha value is -4.06. The minimum absolute atomic E-state index is 0.399. The lowest BCUT2D eigenvalue weighted by Gasteiger charge is -2.13. The molecule has 0 radical (unpaired) electrons. The van der Waals surface area contributed by atoms with Crippen LogP contribution in [0.5, 0.6) is 0 Å². The molecular weight excluding hydrogens is 374 g/mol. The fourth-order valence-electron chi connectivity index (χ4n) is 4.05. The molecule has 6 nitrogen and oxygen atoms in total. The average molecular weight is 393 g/mol. The van der Waals surface area contributed by atoms with Gasteiger partial charge < -0.3 is 5.73 Å². The third-order valence-corrected chi connectivity index (χ3v) is 5.40. The first-order chi connectivity index (χ1) is 14.5. The van der Waals surface area contributed by atoms with Gasteiger partial charge in [0.1, 0.15) is 11.3 Å². The standard InChI is InChI=1S/C24H19N5O/c1-14-4-3-5-19-22(14)20(8-11-27-19)29-15(2)28-23-18(24(25)30)12-17(13-21(23)29)16-6-9-26-10-7-16/h3-13H,1-2H3,(H2,25,30). The van der Waals surface area contributed by atoms with Crippen molar-refractivity contribution in [3.8, 4) is 16.8 Å². The van der Waals surface area contributed by atoms with Crippen LogP contribution in [0, 0.1) is 13.8 Å². The molecule has 0 unspecified atom stereocenters. The fourth-order valence-corrected chi connectivity index (χ4v) is 4.05. The molecule has 2 N–H and O–H groups in total. The normalized spacial score (nSPS) is 11.3. The summed E-state index contributed by atoms with van der Waals surface area (Å²) in [6.07, 6.45) is 5.25. The van der Waals surface area contributed by atoms with Gasteiger partial charge in [0.05, 0.1) is 22.3 Å². The molecule has 0 bridgehead atoms. The molecule has 5 aromatic rings. The molecule has 0 fully saturated rings. The molecule has 0 aliphatic rings. The van der Waals surface area contributed by atoms with E-state index >= 15 is 0 Å². The predicted molar refractivity (Wildman–Crippen MR) is 118 cm³/mol. The minimum Gasteiger partial charge on any atom is -0.366 e. The summed E-state index contributed by atoms with van der Waals surface area (Å²) < 4.78 is 2.07. The predicted octanol–water partition coefficient (Wildman–Crippen LogP) is 4.35. The molecule has 3 heterocycles. The lowest BCUT2D eigenvalue weighted by Crippen LogP contribution is -2.12. The van der Waals surface area contributed by atoms with Crippen LogP contribution in [0.3, 0.4) is 0 Å². The number of amides is 1. The van der Waals surface area contributed by atoms with Gasteiger partial charge in [-0.3, -0.25) is 19.3 Å². The van der Waals surface area contributed by atoms with Gasteiger partial charge in [-0.25, -0.2) is 4.98 Å². The van der Waals surface area contributed by atoms with Crippen molar-refractivity contribution in [2.24, 2.45) is 5.73 Å². The molecule has 2 aromatic carbocycles. The van der Waals surface area contributed by atoms with Gasteiger partial charge in [-0.2, -0.15) is 0 Å². The summed E-state index contributed by atoms with van der Waals surface area (Å²) in [5.41, 5.74) is 12.4. The number of hydrogen-bond donors (Lipinski definition) is 1. The zero-order valence-corrected chi connectivity index (χ0v) is 16.6. The van der Waals surface area contributed by atoms with Crippen LogP contribution in [-0.2, 0) is 0 Å². The van der Waals surface area contributed by atoms with E-state index in [2.05, 4.69) is 27.5 Å². The second kappa shape index (κ2) is 6.77. The van der Waals surface area contributed by atoms with Crippen LogP contribution >= 0.6 is 0 Å². The van der Waals surface area contributed by atoms with Crippen molar-refractivity contribution in [2.45, 2.75) is 13.8 Å². The molecule has 1 amide bonds. The van der Waals surface area contributed by atoms with Gasteiger partial charge in [0.15, 0.2) is 0 Å². The van der Waals surface area contributed by atoms with Gasteiger partial charge in [-0.15, -0.1) is 0 Å². The van der Waals surface area contributed by atoms with E-state index < -0.39 is 5.91 Å². The third kappa shape index (κ3) is 2.73. The van der Waals surface area contributed by atoms with E-state index in [9.17, 15) is 4.79 Å². The average Bonchev–Trinajstić information content (AvgIpc) is 3.09. The number of benzene rings is 2. The first kappa shape index (κ1) is 18.0. The van der Waals surface area contributed by atoms with E-state index in [4.69, 9.17) is 10.7 Å². The number of fused-ring (bicyclic) bond motifs is 2. The minimum atomic E-state index is -0.503. The van der Waals surface area contributed by atoms with E-state index in [1.54, 1.807) is 24.7 Å². The van der Waals surface area contributed by atoms with Crippen molar-refractivity contribution in [3.05, 3.63) is 84.1 Å². The molecule has 0 saturated heterocycles. The highest BCUT2D eigenvalue weighted by molar-refractivity contribution is 6.07. The monoisotopic (exact) mass is 393 g/mol. The number of aromatic nitrogens is 4. The zero-order chi connectivity index (χ0) is 20.8. The summed E-state index contributed by atoms with van der Waals surface area (Å²) >= 11 is 0. The van der Waals surface area contributed by atoms with E-state index in [-0.39, 0.29) is 0 Å². The number of primary amides is 1. The van der Waals surface area contributed by atoms with Crippen LogP contribution in [0.4, 0.5) is 0 Å². The Morgan fingerprint density at radius 3 is 2.53 bits per heavy atom. The number of rotatable bonds is 3. The lowest BCUT2D eigenvalue weighted by atomic mass is 10.0. The van der Waals surface area contributed by atoms with Crippen LogP contribution < -0.4 is 5.73 Å². The molecule has 0 spiro atoms. The highest BCUT2D eigenvalue weighted by atomic mass is 16.1. The topological polar surface area (TPSA) is 86.7 Å². The van der Waals surface area contributed by atoms with Gasteiger partial charge in [0.25, 0.3) is 5.91 Å². The maximum Gasteiger partial charge on any atom is 0.250 e. The van der Waals surface area contributed by atoms with E-state index in [0.717, 1.165) is 44.6 Å². The van der Waals surface area contributed by atoms with Crippen molar-refractivity contribution < 1.29 is 4.79 Å². The van der Waals surface area contributed by atoms with E-state index in [0.29, 0.717) is 11.1 Å². The molecule has 0 aliphatic heterocycles. The first-order valence-corrected chi connectivity index (χ1v) is 9.62. The van der Waals surface area contributed by atoms with Crippen LogP contribution in [0.2, 0.25) is 0 Å². The summed E-state index contributed by atoms with van der Waals surface area (Å²) in [5, 5.41) is 1.05. The quantitative estimate of drug-likeness (QED) is 0.494. The summed E-state index contributed by atoms with van der Waals surface area (Å²) in [4.78, 5) is 25.6. The smallest absolute Gasteiger partial charge is 0.250 e. The lowest BCUT2D eigenvalue weighted by molar-refractivity contribution is 0.100. The largest absolute Gasteiger partial charge is 0.366 e. The van der Waals surface area contributed by atoms with Gasteiger partial charge in [-0.05, 0) is 66.9 Å². The van der Waals surface area contributed by atoms with E-state index in [1.807, 2.05) is 43.3 Å². The maximum atomic E-state index is 12.3. The van der Waals surface area contributed by atoms with Gasteiger partial charge in [0, 0.05) is 24.0 Å². The Labute approximate surface area is 173 Å². The Bertz CT molecular complexity index is 1430. The number of pyridine rings is 2. The number of carbonyl (C=O) groups is 1. The van der Waals surface area contributed by atoms with E-state index in [1.165, 1.54) is 0 Å². The molecule has 0 aliphatic carbocycles. The summed E-state index contributed by atoms with van der Waals surface area (Å²) in [5.74, 6) is 0.270. The van der Waals surface area contributed by atoms with Crippen LogP contribution in [0.25, 0.3) is 38.8 Å². The second-order valence-electron chi connectivity index (χ2n) is 7.29. The number of nitrogens with two attached hydrogens (primary N) is 1. The Balaban J connectivity index is 1.90. The van der Waals surface area contributed by atoms with Crippen molar-refractivity contribution in [2.75, 3.05) is 0 Å². The number of carbonyl (C=O) groups excluding carboxylic acids is 1. The number of hydrogen-bond acceptors (Lipinski definition) is 4. The zero-order valence-electron chi connectivity index (χ0n) is 16.6. The maximum absolute atomic E-state index is 12.3. The molecule has 30 heavy (non-hydrogen) atoms. The summed E-state index contributed by atoms with van der Waals surface area (Å²) in [6, 6.07) is 15.7. The molecule has 146 valence electrons. The van der Waals surface area contributed by atoms with Crippen LogP contribution in [-0.4, -0.2) is 25.4 Å². The number of imidazole rings is 1. The van der Waals surface area contributed by atoms with Gasteiger partial charge >= 0.3 is 0 Å². The Kier molecular flexibility index (Phi) is 4.06. The summed E-state index contributed by atoms with van der Waals surface area (Å²) in [7, 11) is 0. The highest BCUT2D eigenvalue weighted by Gasteiger charge is 2.19. The Morgan fingerprint density at radius 1 is 0.967 bits per heavy atom. The fraction of sp³-hybridized carbons (Fsp3) is 0.0833. The SMILES string of the molecule is Cc1cccc2nccc(-n3c(C)nc4c(C(N)=O)cc(-c5ccncc5)cc43)c12. The van der Waals surface area contributed by atoms with Crippen LogP contribution in [0.15, 0.2) is 67.1 Å². The van der Waals surface area contributed by atoms with Crippen molar-refractivity contribution >= 4 is 27.8 Å². The van der Waals surface area contributed by atoms with Crippen molar-refractivity contribution in [1.82, 2.24) is 19.5 Å². The van der Waals surface area contributed by atoms with Crippen LogP contribution in [0.1, 0.15) is 21.7 Å². The second-order valence-corrected chi connectivity index (χ2v) is 7.29. The number of aryl methyl sites for hydroxylation is 2. The summed E-state index contributed by atoms with van der Waals surface area (Å²) in [6.45, 7) is 4.00. The molecule has 3 aromatic heterocycles. The van der Waals surface area contributed by atoms with Gasteiger partial charge in [0.2, 0.25) is 0 Å². The molecule has 6 heteroatoms. The molecular formula is C24H19N5O. The first-order valence-electron chi connectivity index (χ1n) is 9.62. The molecule has 0 saturated carbocycles. The van der Waals surface area contributed by atoms with Crippen molar-refractivity contribution in [3.63, 3.8) is 0 Å². The molecule has 5 rings (SSSR count). The highest BCUT2D eigenvalue weighted by Crippen LogP contribution is 2.33. The molecule has 0 atom stereocenters. The Morgan fingerprint density at radius 2 is 1.77 bits per heavy atom.